The smallest absolute Gasteiger partial charge is 0.119 e. The van der Waals surface area contributed by atoms with Gasteiger partial charge in [-0.3, -0.25) is 0 Å². The van der Waals surface area contributed by atoms with Crippen LogP contribution in [0.2, 0.25) is 0 Å². The molecule has 0 saturated heterocycles. The van der Waals surface area contributed by atoms with Crippen LogP contribution in [0.5, 0.6) is 0 Å². The van der Waals surface area contributed by atoms with Gasteiger partial charge < -0.3 is 11.6 Å². The third-order valence-electron chi connectivity index (χ3n) is 0.732. The third kappa shape index (κ3) is 3.74. The second-order valence-electron chi connectivity index (χ2n) is 1.41. The molecule has 0 aliphatic heterocycles. The number of alkyl halides is 1. The first kappa shape index (κ1) is 7.56. The summed E-state index contributed by atoms with van der Waals surface area (Å²) in [7, 11) is 0. The molecular weight excluding hydrogens is 126 g/mol. The standard InChI is InChI=1S/C4H10ClN3/c5-3-1-2-4(6)8-7/h1-3,7H2,(H2,6,8). The molecule has 0 unspecified atom stereocenters. The summed E-state index contributed by atoms with van der Waals surface area (Å²) in [5.41, 5.74) is 5.23. The Morgan fingerprint density at radius 2 is 2.25 bits per heavy atom. The predicted molar refractivity (Wildman–Crippen MR) is 35.8 cm³/mol. The van der Waals surface area contributed by atoms with E-state index in [0.29, 0.717) is 18.1 Å². The molecule has 0 aliphatic carbocycles. The van der Waals surface area contributed by atoms with Crippen molar-refractivity contribution in [3.8, 4) is 0 Å². The van der Waals surface area contributed by atoms with Gasteiger partial charge in [0.05, 0.1) is 0 Å². The molecule has 0 bridgehead atoms. The summed E-state index contributed by atoms with van der Waals surface area (Å²) < 4.78 is 0. The highest BCUT2D eigenvalue weighted by Crippen LogP contribution is 1.89. The van der Waals surface area contributed by atoms with Crippen LogP contribution < -0.4 is 11.6 Å². The highest BCUT2D eigenvalue weighted by Gasteiger charge is 1.88. The van der Waals surface area contributed by atoms with Gasteiger partial charge in [-0.25, -0.2) is 0 Å². The maximum absolute atomic E-state index is 5.35. The summed E-state index contributed by atoms with van der Waals surface area (Å²) in [6.45, 7) is 0. The Kier molecular flexibility index (Phi) is 4.45. The van der Waals surface area contributed by atoms with Gasteiger partial charge in [0.25, 0.3) is 0 Å². The number of nitrogens with two attached hydrogens (primary N) is 2. The van der Waals surface area contributed by atoms with Crippen molar-refractivity contribution in [1.82, 2.24) is 0 Å². The number of halogens is 1. The Labute approximate surface area is 53.7 Å². The molecule has 0 saturated carbocycles. The van der Waals surface area contributed by atoms with Crippen molar-refractivity contribution in [2.75, 3.05) is 5.88 Å². The summed E-state index contributed by atoms with van der Waals surface area (Å²) in [5.74, 6) is 5.90. The molecule has 0 fully saturated rings. The van der Waals surface area contributed by atoms with E-state index in [4.69, 9.17) is 23.2 Å². The fourth-order valence-corrected chi connectivity index (χ4v) is 0.446. The first-order valence-electron chi connectivity index (χ1n) is 2.39. The van der Waals surface area contributed by atoms with Crippen molar-refractivity contribution >= 4 is 17.4 Å². The van der Waals surface area contributed by atoms with Crippen molar-refractivity contribution in [2.45, 2.75) is 12.8 Å². The van der Waals surface area contributed by atoms with Crippen molar-refractivity contribution < 1.29 is 0 Å². The molecule has 3 nitrogen and oxygen atoms in total. The second kappa shape index (κ2) is 4.71. The Bertz CT molecular complexity index is 81.4. The maximum atomic E-state index is 5.35. The van der Waals surface area contributed by atoms with E-state index in [0.717, 1.165) is 6.42 Å². The molecule has 0 radical (unpaired) electrons. The van der Waals surface area contributed by atoms with Gasteiger partial charge in [-0.1, -0.05) is 0 Å². The summed E-state index contributed by atoms with van der Waals surface area (Å²) >= 11 is 5.35. The fourth-order valence-electron chi connectivity index (χ4n) is 0.312. The van der Waals surface area contributed by atoms with Crippen LogP contribution in [0.15, 0.2) is 5.10 Å². The van der Waals surface area contributed by atoms with Crippen LogP contribution in [0.1, 0.15) is 12.8 Å². The summed E-state index contributed by atoms with van der Waals surface area (Å²) in [4.78, 5) is 0. The van der Waals surface area contributed by atoms with Gasteiger partial charge in [-0.2, -0.15) is 5.10 Å². The number of nitrogens with zero attached hydrogens (tertiary/aromatic N) is 1. The van der Waals surface area contributed by atoms with Crippen LogP contribution in [-0.4, -0.2) is 11.7 Å². The molecule has 0 spiro atoms. The van der Waals surface area contributed by atoms with E-state index >= 15 is 0 Å². The average molecular weight is 136 g/mol. The highest BCUT2D eigenvalue weighted by molar-refractivity contribution is 6.17. The van der Waals surface area contributed by atoms with Gasteiger partial charge in [0.1, 0.15) is 5.84 Å². The number of hydrogen-bond donors (Lipinski definition) is 2. The van der Waals surface area contributed by atoms with E-state index in [2.05, 4.69) is 5.10 Å². The van der Waals surface area contributed by atoms with Gasteiger partial charge in [-0.05, 0) is 6.42 Å². The fraction of sp³-hybridized carbons (Fsp3) is 0.750. The lowest BCUT2D eigenvalue weighted by Gasteiger charge is -1.92. The molecule has 48 valence electrons. The first-order valence-corrected chi connectivity index (χ1v) is 2.93. The molecule has 4 heteroatoms. The van der Waals surface area contributed by atoms with Crippen molar-refractivity contribution in [3.63, 3.8) is 0 Å². The van der Waals surface area contributed by atoms with Gasteiger partial charge in [-0.15, -0.1) is 11.6 Å². The average Bonchev–Trinajstić information content (AvgIpc) is 1.83. The summed E-state index contributed by atoms with van der Waals surface area (Å²) in [6, 6.07) is 0. The molecule has 0 aromatic carbocycles. The molecule has 0 aromatic heterocycles. The van der Waals surface area contributed by atoms with E-state index in [-0.39, 0.29) is 0 Å². The number of hydrogen-bond acceptors (Lipinski definition) is 2. The first-order chi connectivity index (χ1) is 3.81. The Morgan fingerprint density at radius 1 is 1.62 bits per heavy atom. The van der Waals surface area contributed by atoms with E-state index < -0.39 is 0 Å². The van der Waals surface area contributed by atoms with E-state index in [1.165, 1.54) is 0 Å². The minimum Gasteiger partial charge on any atom is -0.386 e. The third-order valence-corrected chi connectivity index (χ3v) is 1.000. The normalized spacial score (nSPS) is 11.9. The number of amidine groups is 1. The van der Waals surface area contributed by atoms with Crippen LogP contribution in [0.3, 0.4) is 0 Å². The Balaban J connectivity index is 3.12. The lowest BCUT2D eigenvalue weighted by atomic mass is 10.3. The quantitative estimate of drug-likeness (QED) is 0.191. The zero-order valence-electron chi connectivity index (χ0n) is 4.60. The molecule has 0 aromatic rings. The van der Waals surface area contributed by atoms with Gasteiger partial charge in [0, 0.05) is 12.3 Å². The van der Waals surface area contributed by atoms with Crippen molar-refractivity contribution in [1.29, 1.82) is 0 Å². The lowest BCUT2D eigenvalue weighted by Crippen LogP contribution is -2.13. The summed E-state index contributed by atoms with van der Waals surface area (Å²) in [5, 5.41) is 3.26. The highest BCUT2D eigenvalue weighted by atomic mass is 35.5. The van der Waals surface area contributed by atoms with Crippen LogP contribution >= 0.6 is 11.6 Å². The number of rotatable bonds is 3. The maximum Gasteiger partial charge on any atom is 0.119 e. The van der Waals surface area contributed by atoms with Crippen LogP contribution in [-0.2, 0) is 0 Å². The predicted octanol–water partition coefficient (Wildman–Crippen LogP) is 0.236. The molecule has 8 heavy (non-hydrogen) atoms. The number of hydrazone groups is 1. The van der Waals surface area contributed by atoms with E-state index in [9.17, 15) is 0 Å². The van der Waals surface area contributed by atoms with Gasteiger partial charge in [0.2, 0.25) is 0 Å². The minimum atomic E-state index is 0.464. The van der Waals surface area contributed by atoms with E-state index in [1.54, 1.807) is 0 Å². The molecular formula is C4H10ClN3. The molecule has 0 aliphatic rings. The van der Waals surface area contributed by atoms with Crippen LogP contribution in [0.4, 0.5) is 0 Å². The van der Waals surface area contributed by atoms with Gasteiger partial charge >= 0.3 is 0 Å². The van der Waals surface area contributed by atoms with Crippen LogP contribution in [0.25, 0.3) is 0 Å². The molecule has 4 N–H and O–H groups in total. The van der Waals surface area contributed by atoms with Crippen molar-refractivity contribution in [2.24, 2.45) is 16.7 Å². The SMILES string of the molecule is N/N=C(\N)CCCCl. The monoisotopic (exact) mass is 135 g/mol. The largest absolute Gasteiger partial charge is 0.386 e. The topological polar surface area (TPSA) is 64.4 Å². The Hall–Kier alpha value is -0.440. The minimum absolute atomic E-state index is 0.464. The van der Waals surface area contributed by atoms with Crippen LogP contribution in [0, 0.1) is 0 Å². The zero-order valence-corrected chi connectivity index (χ0v) is 5.36. The summed E-state index contributed by atoms with van der Waals surface area (Å²) in [6.07, 6.45) is 1.54. The molecule has 0 atom stereocenters. The van der Waals surface area contributed by atoms with Crippen molar-refractivity contribution in [3.05, 3.63) is 0 Å². The van der Waals surface area contributed by atoms with Gasteiger partial charge in [0.15, 0.2) is 0 Å². The Morgan fingerprint density at radius 3 is 2.62 bits per heavy atom. The molecule has 0 heterocycles. The molecule has 0 rings (SSSR count). The zero-order chi connectivity index (χ0) is 6.41. The van der Waals surface area contributed by atoms with E-state index in [1.807, 2.05) is 0 Å². The molecule has 0 amide bonds. The second-order valence-corrected chi connectivity index (χ2v) is 1.79. The lowest BCUT2D eigenvalue weighted by molar-refractivity contribution is 0.979.